The van der Waals surface area contributed by atoms with Crippen molar-refractivity contribution in [2.24, 2.45) is 7.05 Å². The number of alkyl halides is 3. The highest BCUT2D eigenvalue weighted by atomic mass is 32.2. The van der Waals surface area contributed by atoms with Crippen LogP contribution in [-0.2, 0) is 18.3 Å². The van der Waals surface area contributed by atoms with Gasteiger partial charge in [0, 0.05) is 18.3 Å². The van der Waals surface area contributed by atoms with E-state index in [4.69, 9.17) is 0 Å². The van der Waals surface area contributed by atoms with Crippen molar-refractivity contribution in [2.75, 3.05) is 12.3 Å². The van der Waals surface area contributed by atoms with E-state index in [9.17, 15) is 22.8 Å². The van der Waals surface area contributed by atoms with E-state index < -0.39 is 24.7 Å². The van der Waals surface area contributed by atoms with Crippen molar-refractivity contribution in [3.8, 4) is 0 Å². The number of hydrogen-bond donors (Lipinski definition) is 2. The van der Waals surface area contributed by atoms with E-state index in [0.717, 1.165) is 16.6 Å². The molecule has 0 saturated heterocycles. The first-order chi connectivity index (χ1) is 11.7. The predicted molar refractivity (Wildman–Crippen MR) is 86.4 cm³/mol. The Labute approximate surface area is 149 Å². The lowest BCUT2D eigenvalue weighted by molar-refractivity contribution is -0.124. The Bertz CT molecular complexity index is 731. The van der Waals surface area contributed by atoms with E-state index in [1.807, 2.05) is 22.8 Å². The SMILES string of the molecule is Cn1c(Cc2cccs2)nnc1SCC(=O)NC(=O)NCC(F)(F)F. The van der Waals surface area contributed by atoms with Crippen molar-refractivity contribution in [1.82, 2.24) is 25.4 Å². The monoisotopic (exact) mass is 393 g/mol. The molecule has 0 aliphatic heterocycles. The summed E-state index contributed by atoms with van der Waals surface area (Å²) in [5.41, 5.74) is 0. The molecule has 0 atom stereocenters. The number of aromatic nitrogens is 3. The minimum absolute atomic E-state index is 0.176. The zero-order valence-corrected chi connectivity index (χ0v) is 14.6. The molecule has 25 heavy (non-hydrogen) atoms. The summed E-state index contributed by atoms with van der Waals surface area (Å²) in [7, 11) is 1.75. The van der Waals surface area contributed by atoms with Gasteiger partial charge in [-0.2, -0.15) is 13.2 Å². The molecule has 2 aromatic rings. The summed E-state index contributed by atoms with van der Waals surface area (Å²) in [4.78, 5) is 23.9. The quantitative estimate of drug-likeness (QED) is 0.733. The van der Waals surface area contributed by atoms with Crippen molar-refractivity contribution in [1.29, 1.82) is 0 Å². The Hall–Kier alpha value is -2.08. The molecule has 2 heterocycles. The second kappa shape index (κ2) is 8.34. The van der Waals surface area contributed by atoms with Gasteiger partial charge in [0.2, 0.25) is 5.91 Å². The van der Waals surface area contributed by atoms with Crippen molar-refractivity contribution in [2.45, 2.75) is 17.8 Å². The highest BCUT2D eigenvalue weighted by molar-refractivity contribution is 7.99. The topological polar surface area (TPSA) is 88.9 Å². The van der Waals surface area contributed by atoms with Gasteiger partial charge in [-0.1, -0.05) is 17.8 Å². The van der Waals surface area contributed by atoms with Gasteiger partial charge in [-0.05, 0) is 11.4 Å². The Kier molecular flexibility index (Phi) is 6.42. The van der Waals surface area contributed by atoms with Crippen LogP contribution in [0.4, 0.5) is 18.0 Å². The van der Waals surface area contributed by atoms with E-state index in [1.165, 1.54) is 0 Å². The van der Waals surface area contributed by atoms with Gasteiger partial charge < -0.3 is 9.88 Å². The van der Waals surface area contributed by atoms with Crippen LogP contribution >= 0.6 is 23.1 Å². The first kappa shape index (κ1) is 19.2. The van der Waals surface area contributed by atoms with Gasteiger partial charge in [0.25, 0.3) is 0 Å². The number of halogens is 3. The zero-order valence-electron chi connectivity index (χ0n) is 13.0. The Balaban J connectivity index is 1.80. The smallest absolute Gasteiger partial charge is 0.329 e. The third kappa shape index (κ3) is 6.38. The second-order valence-electron chi connectivity index (χ2n) is 4.85. The van der Waals surface area contributed by atoms with Crippen LogP contribution in [0.2, 0.25) is 0 Å². The fourth-order valence-corrected chi connectivity index (χ4v) is 3.14. The maximum absolute atomic E-state index is 12.0. The molecule has 0 aliphatic carbocycles. The number of hydrogen-bond acceptors (Lipinski definition) is 6. The van der Waals surface area contributed by atoms with Crippen LogP contribution < -0.4 is 10.6 Å². The number of carbonyl (C=O) groups is 2. The van der Waals surface area contributed by atoms with E-state index in [1.54, 1.807) is 28.3 Å². The van der Waals surface area contributed by atoms with Gasteiger partial charge in [-0.15, -0.1) is 21.5 Å². The van der Waals surface area contributed by atoms with Crippen LogP contribution in [0.3, 0.4) is 0 Å². The zero-order chi connectivity index (χ0) is 18.4. The van der Waals surface area contributed by atoms with Crippen molar-refractivity contribution >= 4 is 35.0 Å². The molecule has 0 aromatic carbocycles. The summed E-state index contributed by atoms with van der Waals surface area (Å²) in [6.07, 6.45) is -3.93. The molecule has 0 unspecified atom stereocenters. The van der Waals surface area contributed by atoms with Crippen LogP contribution in [0.25, 0.3) is 0 Å². The van der Waals surface area contributed by atoms with E-state index in [-0.39, 0.29) is 5.75 Å². The first-order valence-electron chi connectivity index (χ1n) is 6.92. The largest absolute Gasteiger partial charge is 0.405 e. The molecule has 0 fully saturated rings. The molecule has 0 radical (unpaired) electrons. The Morgan fingerprint density at radius 3 is 2.76 bits per heavy atom. The van der Waals surface area contributed by atoms with Crippen LogP contribution in [0, 0.1) is 0 Å². The molecule has 3 amide bonds. The molecule has 0 saturated carbocycles. The average Bonchev–Trinajstić information content (AvgIpc) is 3.14. The van der Waals surface area contributed by atoms with E-state index in [0.29, 0.717) is 17.4 Å². The summed E-state index contributed by atoms with van der Waals surface area (Å²) in [5, 5.41) is 13.8. The molecule has 0 aliphatic rings. The van der Waals surface area contributed by atoms with E-state index >= 15 is 0 Å². The number of rotatable bonds is 6. The normalized spacial score (nSPS) is 11.4. The molecule has 0 spiro atoms. The molecule has 12 heteroatoms. The molecule has 2 aromatic heterocycles. The number of nitrogens with one attached hydrogen (secondary N) is 2. The number of nitrogens with zero attached hydrogens (tertiary/aromatic N) is 3. The maximum Gasteiger partial charge on any atom is 0.405 e. The van der Waals surface area contributed by atoms with Crippen molar-refractivity contribution in [3.05, 3.63) is 28.2 Å². The summed E-state index contributed by atoms with van der Waals surface area (Å²) in [6, 6.07) is 2.71. The van der Waals surface area contributed by atoms with E-state index in [2.05, 4.69) is 10.2 Å². The number of carbonyl (C=O) groups excluding carboxylic acids is 2. The standard InChI is InChI=1S/C13H14F3N5O2S2/c1-21-9(5-8-3-2-4-24-8)19-20-12(21)25-6-10(22)18-11(23)17-7-13(14,15)16/h2-4H,5-7H2,1H3,(H2,17,18,22,23). The molecule has 2 rings (SSSR count). The summed E-state index contributed by atoms with van der Waals surface area (Å²) in [6.45, 7) is -1.51. The van der Waals surface area contributed by atoms with Gasteiger partial charge in [-0.3, -0.25) is 10.1 Å². The van der Waals surface area contributed by atoms with Gasteiger partial charge in [0.15, 0.2) is 5.16 Å². The number of urea groups is 1. The highest BCUT2D eigenvalue weighted by Crippen LogP contribution is 2.19. The van der Waals surface area contributed by atoms with Crippen LogP contribution in [0.5, 0.6) is 0 Å². The Morgan fingerprint density at radius 2 is 2.12 bits per heavy atom. The highest BCUT2D eigenvalue weighted by Gasteiger charge is 2.28. The second-order valence-corrected chi connectivity index (χ2v) is 6.82. The molecular weight excluding hydrogens is 379 g/mol. The predicted octanol–water partition coefficient (Wildman–Crippen LogP) is 1.95. The summed E-state index contributed by atoms with van der Waals surface area (Å²) >= 11 is 2.62. The fraction of sp³-hybridized carbons (Fsp3) is 0.385. The number of imide groups is 1. The minimum Gasteiger partial charge on any atom is -0.329 e. The number of thioether (sulfide) groups is 1. The van der Waals surface area contributed by atoms with Gasteiger partial charge >= 0.3 is 12.2 Å². The van der Waals surface area contributed by atoms with Crippen LogP contribution in [-0.4, -0.2) is 45.2 Å². The first-order valence-corrected chi connectivity index (χ1v) is 8.79. The molecule has 0 bridgehead atoms. The van der Waals surface area contributed by atoms with Gasteiger partial charge in [0.05, 0.1) is 5.75 Å². The molecule has 7 nitrogen and oxygen atoms in total. The maximum atomic E-state index is 12.0. The summed E-state index contributed by atoms with van der Waals surface area (Å²) in [5.74, 6) is -0.189. The fourth-order valence-electron chi connectivity index (χ4n) is 1.71. The minimum atomic E-state index is -4.53. The van der Waals surface area contributed by atoms with Crippen molar-refractivity contribution in [3.63, 3.8) is 0 Å². The van der Waals surface area contributed by atoms with Crippen molar-refractivity contribution < 1.29 is 22.8 Å². The summed E-state index contributed by atoms with van der Waals surface area (Å²) < 4.78 is 37.6. The lowest BCUT2D eigenvalue weighted by Crippen LogP contribution is -2.43. The van der Waals surface area contributed by atoms with Crippen LogP contribution in [0.1, 0.15) is 10.7 Å². The Morgan fingerprint density at radius 1 is 1.36 bits per heavy atom. The molecule has 136 valence electrons. The third-order valence-electron chi connectivity index (χ3n) is 2.87. The van der Waals surface area contributed by atoms with Gasteiger partial charge in [-0.25, -0.2) is 4.79 Å². The third-order valence-corrected chi connectivity index (χ3v) is 4.77. The lowest BCUT2D eigenvalue weighted by atomic mass is 10.3. The lowest BCUT2D eigenvalue weighted by Gasteiger charge is -2.08. The number of thiophene rings is 1. The molecule has 2 N–H and O–H groups in total. The number of amides is 3. The van der Waals surface area contributed by atoms with Crippen LogP contribution in [0.15, 0.2) is 22.7 Å². The van der Waals surface area contributed by atoms with Gasteiger partial charge in [0.1, 0.15) is 12.4 Å². The molecular formula is C13H14F3N5O2S2. The average molecular weight is 393 g/mol.